The van der Waals surface area contributed by atoms with Gasteiger partial charge in [0.2, 0.25) is 5.91 Å². The first kappa shape index (κ1) is 11.9. The van der Waals surface area contributed by atoms with E-state index in [2.05, 4.69) is 0 Å². The lowest BCUT2D eigenvalue weighted by atomic mass is 10.1. The second kappa shape index (κ2) is 4.84. The third kappa shape index (κ3) is 6.13. The molecular weight excluding hydrogens is 170 g/mol. The molecule has 0 heterocycles. The highest BCUT2D eigenvalue weighted by molar-refractivity contribution is 5.80. The molecule has 0 aromatic rings. The fraction of sp³-hybridized carbons (Fsp3) is 0.778. The molecule has 0 bridgehead atoms. The average molecular weight is 187 g/mol. The van der Waals surface area contributed by atoms with Crippen molar-refractivity contribution in [1.82, 2.24) is 0 Å². The van der Waals surface area contributed by atoms with Crippen molar-refractivity contribution in [2.75, 3.05) is 0 Å². The fourth-order valence-electron chi connectivity index (χ4n) is 0.657. The van der Waals surface area contributed by atoms with Crippen LogP contribution in [0.25, 0.3) is 0 Å². The van der Waals surface area contributed by atoms with Gasteiger partial charge in [-0.3, -0.25) is 9.59 Å². The fourth-order valence-corrected chi connectivity index (χ4v) is 0.657. The number of ether oxygens (including phenoxy) is 1. The molecular formula is C9H17NO3. The van der Waals surface area contributed by atoms with Gasteiger partial charge >= 0.3 is 5.97 Å². The largest absolute Gasteiger partial charge is 0.460 e. The van der Waals surface area contributed by atoms with E-state index in [9.17, 15) is 9.59 Å². The smallest absolute Gasteiger partial charge is 0.306 e. The predicted octanol–water partition coefficient (Wildman–Crippen LogP) is 0.984. The number of esters is 1. The summed E-state index contributed by atoms with van der Waals surface area (Å²) in [6.45, 7) is 5.59. The minimum absolute atomic E-state index is 0.0542. The highest BCUT2D eigenvalue weighted by atomic mass is 16.6. The summed E-state index contributed by atoms with van der Waals surface area (Å²) in [4.78, 5) is 21.4. The lowest BCUT2D eigenvalue weighted by Gasteiger charge is -2.23. The number of rotatable bonds is 5. The van der Waals surface area contributed by atoms with E-state index in [1.165, 1.54) is 0 Å². The Kier molecular flexibility index (Phi) is 4.45. The van der Waals surface area contributed by atoms with Gasteiger partial charge in [-0.2, -0.15) is 0 Å². The number of nitrogens with two attached hydrogens (primary N) is 1. The second-order valence-electron chi connectivity index (χ2n) is 3.55. The number of hydrogen-bond donors (Lipinski definition) is 1. The molecule has 0 aromatic carbocycles. The van der Waals surface area contributed by atoms with Gasteiger partial charge in [0.1, 0.15) is 5.60 Å². The van der Waals surface area contributed by atoms with Gasteiger partial charge in [0.15, 0.2) is 0 Å². The molecule has 1 amide bonds. The topological polar surface area (TPSA) is 69.4 Å². The van der Waals surface area contributed by atoms with Crippen LogP contribution < -0.4 is 5.73 Å². The highest BCUT2D eigenvalue weighted by Gasteiger charge is 2.20. The Hall–Kier alpha value is -1.06. The average Bonchev–Trinajstić information content (AvgIpc) is 2.00. The van der Waals surface area contributed by atoms with Gasteiger partial charge < -0.3 is 10.5 Å². The maximum absolute atomic E-state index is 11.1. The molecule has 0 aliphatic carbocycles. The Labute approximate surface area is 78.4 Å². The van der Waals surface area contributed by atoms with Gasteiger partial charge in [-0.05, 0) is 20.3 Å². The predicted molar refractivity (Wildman–Crippen MR) is 48.9 cm³/mol. The van der Waals surface area contributed by atoms with Crippen LogP contribution in [0.5, 0.6) is 0 Å². The molecule has 4 heteroatoms. The van der Waals surface area contributed by atoms with Gasteiger partial charge in [-0.25, -0.2) is 0 Å². The van der Waals surface area contributed by atoms with Crippen LogP contribution in [0.15, 0.2) is 0 Å². The Morgan fingerprint density at radius 1 is 1.31 bits per heavy atom. The third-order valence-corrected chi connectivity index (χ3v) is 1.82. The molecule has 0 spiro atoms. The van der Waals surface area contributed by atoms with E-state index < -0.39 is 11.5 Å². The van der Waals surface area contributed by atoms with E-state index in [0.717, 1.165) is 6.42 Å². The zero-order valence-electron chi connectivity index (χ0n) is 8.42. The van der Waals surface area contributed by atoms with Crippen LogP contribution in [0.2, 0.25) is 0 Å². The zero-order chi connectivity index (χ0) is 10.5. The standard InChI is InChI=1S/C9H17NO3/c1-4-9(2,3)13-8(12)6-5-7(10)11/h4-6H2,1-3H3,(H2,10,11). The molecule has 0 saturated carbocycles. The minimum Gasteiger partial charge on any atom is -0.460 e. The van der Waals surface area contributed by atoms with Crippen molar-refractivity contribution in [3.63, 3.8) is 0 Å². The van der Waals surface area contributed by atoms with Gasteiger partial charge in [-0.15, -0.1) is 0 Å². The molecule has 0 radical (unpaired) electrons. The summed E-state index contributed by atoms with van der Waals surface area (Å²) in [6, 6.07) is 0. The van der Waals surface area contributed by atoms with Crippen molar-refractivity contribution in [3.05, 3.63) is 0 Å². The summed E-state index contributed by atoms with van der Waals surface area (Å²) in [6.07, 6.45) is 0.868. The monoisotopic (exact) mass is 187 g/mol. The van der Waals surface area contributed by atoms with E-state index in [4.69, 9.17) is 10.5 Å². The minimum atomic E-state index is -0.480. The number of carbonyl (C=O) groups excluding carboxylic acids is 2. The molecule has 0 unspecified atom stereocenters. The molecule has 76 valence electrons. The first-order valence-electron chi connectivity index (χ1n) is 4.37. The number of amides is 1. The van der Waals surface area contributed by atoms with E-state index in [1.54, 1.807) is 0 Å². The van der Waals surface area contributed by atoms with Crippen LogP contribution >= 0.6 is 0 Å². The van der Waals surface area contributed by atoms with Gasteiger partial charge in [0.05, 0.1) is 6.42 Å². The maximum Gasteiger partial charge on any atom is 0.306 e. The molecule has 2 N–H and O–H groups in total. The van der Waals surface area contributed by atoms with Gasteiger partial charge in [-0.1, -0.05) is 6.92 Å². The molecule has 0 aromatic heterocycles. The summed E-state index contributed by atoms with van der Waals surface area (Å²) in [5.41, 5.74) is 4.44. The lowest BCUT2D eigenvalue weighted by Crippen LogP contribution is -2.27. The van der Waals surface area contributed by atoms with Gasteiger partial charge in [0.25, 0.3) is 0 Å². The molecule has 0 fully saturated rings. The van der Waals surface area contributed by atoms with E-state index in [1.807, 2.05) is 20.8 Å². The Morgan fingerprint density at radius 2 is 1.85 bits per heavy atom. The van der Waals surface area contributed by atoms with Gasteiger partial charge in [0, 0.05) is 6.42 Å². The Balaban J connectivity index is 3.81. The van der Waals surface area contributed by atoms with Crippen LogP contribution in [0.3, 0.4) is 0 Å². The van der Waals surface area contributed by atoms with Crippen molar-refractivity contribution in [2.24, 2.45) is 5.73 Å². The third-order valence-electron chi connectivity index (χ3n) is 1.82. The zero-order valence-corrected chi connectivity index (χ0v) is 8.42. The summed E-state index contributed by atoms with van der Waals surface area (Å²) >= 11 is 0. The molecule has 13 heavy (non-hydrogen) atoms. The molecule has 0 saturated heterocycles. The van der Waals surface area contributed by atoms with Crippen LogP contribution in [0.4, 0.5) is 0 Å². The molecule has 4 nitrogen and oxygen atoms in total. The van der Waals surface area contributed by atoms with E-state index in [-0.39, 0.29) is 18.8 Å². The molecule has 0 aliphatic heterocycles. The lowest BCUT2D eigenvalue weighted by molar-refractivity contribution is -0.157. The van der Waals surface area contributed by atoms with Crippen LogP contribution in [0, 0.1) is 0 Å². The van der Waals surface area contributed by atoms with E-state index >= 15 is 0 Å². The molecule has 0 atom stereocenters. The maximum atomic E-state index is 11.1. The summed E-state index contributed by atoms with van der Waals surface area (Å²) < 4.78 is 5.09. The Bertz CT molecular complexity index is 199. The summed E-state index contributed by atoms with van der Waals surface area (Å²) in [5, 5.41) is 0. The van der Waals surface area contributed by atoms with Crippen molar-refractivity contribution in [2.45, 2.75) is 45.6 Å². The molecule has 0 rings (SSSR count). The summed E-state index contributed by atoms with van der Waals surface area (Å²) in [7, 11) is 0. The summed E-state index contributed by atoms with van der Waals surface area (Å²) in [5.74, 6) is -0.850. The number of hydrogen-bond acceptors (Lipinski definition) is 3. The van der Waals surface area contributed by atoms with Crippen molar-refractivity contribution in [3.8, 4) is 0 Å². The quantitative estimate of drug-likeness (QED) is 0.652. The molecule has 0 aliphatic rings. The van der Waals surface area contributed by atoms with Crippen LogP contribution in [-0.2, 0) is 14.3 Å². The normalized spacial score (nSPS) is 11.0. The number of carbonyl (C=O) groups is 2. The number of primary amides is 1. The van der Waals surface area contributed by atoms with Crippen molar-refractivity contribution < 1.29 is 14.3 Å². The first-order valence-corrected chi connectivity index (χ1v) is 4.37. The van der Waals surface area contributed by atoms with Crippen molar-refractivity contribution >= 4 is 11.9 Å². The van der Waals surface area contributed by atoms with Crippen LogP contribution in [-0.4, -0.2) is 17.5 Å². The SMILES string of the molecule is CCC(C)(C)OC(=O)CCC(N)=O. The van der Waals surface area contributed by atoms with Crippen molar-refractivity contribution in [1.29, 1.82) is 0 Å². The van der Waals surface area contributed by atoms with E-state index in [0.29, 0.717) is 0 Å². The Morgan fingerprint density at radius 3 is 2.23 bits per heavy atom. The highest BCUT2D eigenvalue weighted by Crippen LogP contribution is 2.14. The second-order valence-corrected chi connectivity index (χ2v) is 3.55. The first-order chi connectivity index (χ1) is 5.87. The van der Waals surface area contributed by atoms with Crippen LogP contribution in [0.1, 0.15) is 40.0 Å².